The van der Waals surface area contributed by atoms with Crippen LogP contribution in [0.3, 0.4) is 0 Å². The number of aliphatic carboxylic acids is 1. The number of carbonyl (C=O) groups excluding carboxylic acids is 2. The van der Waals surface area contributed by atoms with Crippen molar-refractivity contribution in [1.82, 2.24) is 5.32 Å². The standard InChI is InChI=1S/C41H76NO10P/c1-3-5-7-9-11-13-15-17-19-21-23-25-27-29-31-33-40(45)50-34-37(43)35-51-53(48,49)52-36-38(41(46)47)42-39(44)32-30-28-26-24-22-20-18-16-14-12-10-8-6-4-2/h16-19,37-38,43H,3-15,20-36H2,1-2H3,(H,42,44)(H,46,47)(H,48,49)/b18-16-,19-17-. The molecule has 53 heavy (non-hydrogen) atoms. The van der Waals surface area contributed by atoms with Crippen LogP contribution in [0.25, 0.3) is 0 Å². The number of aliphatic hydroxyl groups is 1. The first-order valence-corrected chi connectivity index (χ1v) is 22.4. The normalized spacial score (nSPS) is 14.0. The summed E-state index contributed by atoms with van der Waals surface area (Å²) in [5, 5.41) is 21.8. The molecule has 11 nitrogen and oxygen atoms in total. The number of aliphatic hydroxyl groups excluding tert-OH is 1. The number of hydrogen-bond acceptors (Lipinski definition) is 8. The van der Waals surface area contributed by atoms with Crippen molar-refractivity contribution in [2.45, 2.75) is 199 Å². The highest BCUT2D eigenvalue weighted by Crippen LogP contribution is 2.43. The highest BCUT2D eigenvalue weighted by molar-refractivity contribution is 7.47. The molecule has 0 aromatic heterocycles. The van der Waals surface area contributed by atoms with Crippen LogP contribution < -0.4 is 5.32 Å². The van der Waals surface area contributed by atoms with Crippen LogP contribution in [0.15, 0.2) is 24.3 Å². The van der Waals surface area contributed by atoms with Gasteiger partial charge in [-0.2, -0.15) is 0 Å². The Morgan fingerprint density at radius 2 is 0.981 bits per heavy atom. The Labute approximate surface area is 321 Å². The van der Waals surface area contributed by atoms with E-state index in [0.717, 1.165) is 77.0 Å². The van der Waals surface area contributed by atoms with Crippen molar-refractivity contribution in [2.24, 2.45) is 0 Å². The molecule has 0 heterocycles. The molecule has 0 fully saturated rings. The molecule has 310 valence electrons. The van der Waals surface area contributed by atoms with Gasteiger partial charge >= 0.3 is 19.8 Å². The van der Waals surface area contributed by atoms with Gasteiger partial charge in [0, 0.05) is 12.8 Å². The average Bonchev–Trinajstić information content (AvgIpc) is 3.13. The van der Waals surface area contributed by atoms with Crippen molar-refractivity contribution in [3.05, 3.63) is 24.3 Å². The zero-order valence-electron chi connectivity index (χ0n) is 33.3. The van der Waals surface area contributed by atoms with E-state index in [1.165, 1.54) is 70.6 Å². The Bertz CT molecular complexity index is 1010. The first kappa shape index (κ1) is 51.0. The molecule has 0 saturated heterocycles. The van der Waals surface area contributed by atoms with Crippen molar-refractivity contribution >= 4 is 25.7 Å². The lowest BCUT2D eigenvalue weighted by Crippen LogP contribution is -2.43. The molecule has 0 aliphatic carbocycles. The molecule has 0 bridgehead atoms. The summed E-state index contributed by atoms with van der Waals surface area (Å²) in [7, 11) is -4.75. The number of phosphoric ester groups is 1. The monoisotopic (exact) mass is 774 g/mol. The predicted octanol–water partition coefficient (Wildman–Crippen LogP) is 10.3. The Kier molecular flexibility index (Phi) is 35.5. The molecule has 4 N–H and O–H groups in total. The Balaban J connectivity index is 3.94. The fourth-order valence-electron chi connectivity index (χ4n) is 5.66. The lowest BCUT2D eigenvalue weighted by molar-refractivity contribution is -0.147. The first-order chi connectivity index (χ1) is 25.6. The van der Waals surface area contributed by atoms with Crippen molar-refractivity contribution < 1.29 is 47.8 Å². The minimum absolute atomic E-state index is 0.136. The van der Waals surface area contributed by atoms with Gasteiger partial charge in [-0.15, -0.1) is 0 Å². The molecule has 12 heteroatoms. The maximum absolute atomic E-state index is 12.3. The summed E-state index contributed by atoms with van der Waals surface area (Å²) < 4.78 is 26.8. The largest absolute Gasteiger partial charge is 0.480 e. The molecular weight excluding hydrogens is 697 g/mol. The second-order valence-electron chi connectivity index (χ2n) is 14.2. The maximum Gasteiger partial charge on any atom is 0.472 e. The van der Waals surface area contributed by atoms with E-state index < -0.39 is 57.6 Å². The number of amides is 1. The Hall–Kier alpha value is -2.04. The molecule has 0 aromatic rings. The van der Waals surface area contributed by atoms with Crippen LogP contribution in [-0.2, 0) is 32.7 Å². The van der Waals surface area contributed by atoms with Crippen molar-refractivity contribution in [2.75, 3.05) is 19.8 Å². The van der Waals surface area contributed by atoms with E-state index in [1.807, 2.05) is 0 Å². The predicted molar refractivity (Wildman–Crippen MR) is 213 cm³/mol. The van der Waals surface area contributed by atoms with Gasteiger partial charge in [-0.3, -0.25) is 18.6 Å². The van der Waals surface area contributed by atoms with Gasteiger partial charge in [-0.25, -0.2) is 9.36 Å². The zero-order valence-corrected chi connectivity index (χ0v) is 34.2. The number of allylic oxidation sites excluding steroid dienone is 4. The summed E-state index contributed by atoms with van der Waals surface area (Å²) in [5.41, 5.74) is 0. The first-order valence-electron chi connectivity index (χ1n) is 20.9. The fraction of sp³-hybridized carbons (Fsp3) is 0.829. The average molecular weight is 774 g/mol. The minimum atomic E-state index is -4.75. The number of carboxylic acids is 1. The molecule has 0 aliphatic heterocycles. The molecular formula is C41H76NO10P. The fourth-order valence-corrected chi connectivity index (χ4v) is 6.43. The van der Waals surface area contributed by atoms with Gasteiger partial charge in [0.1, 0.15) is 12.7 Å². The number of ether oxygens (including phenoxy) is 1. The van der Waals surface area contributed by atoms with Crippen molar-refractivity contribution in [3.63, 3.8) is 0 Å². The van der Waals surface area contributed by atoms with Crippen LogP contribution in [0.1, 0.15) is 187 Å². The summed E-state index contributed by atoms with van der Waals surface area (Å²) in [5.74, 6) is -2.39. The van der Waals surface area contributed by atoms with E-state index in [2.05, 4.69) is 43.5 Å². The number of carbonyl (C=O) groups is 3. The molecule has 0 rings (SSSR count). The summed E-state index contributed by atoms with van der Waals surface area (Å²) in [6.07, 6.45) is 36.3. The quantitative estimate of drug-likeness (QED) is 0.0204. The van der Waals surface area contributed by atoms with Gasteiger partial charge < -0.3 is 25.2 Å². The van der Waals surface area contributed by atoms with Crippen LogP contribution in [-0.4, -0.2) is 64.9 Å². The zero-order chi connectivity index (χ0) is 39.3. The minimum Gasteiger partial charge on any atom is -0.480 e. The van der Waals surface area contributed by atoms with E-state index in [9.17, 15) is 34.1 Å². The van der Waals surface area contributed by atoms with Gasteiger partial charge in [-0.05, 0) is 64.2 Å². The second-order valence-corrected chi connectivity index (χ2v) is 15.6. The number of nitrogens with one attached hydrogen (secondary N) is 1. The number of rotatable bonds is 39. The topological polar surface area (TPSA) is 169 Å². The second kappa shape index (κ2) is 36.9. The summed E-state index contributed by atoms with van der Waals surface area (Å²) in [6, 6.07) is -1.55. The van der Waals surface area contributed by atoms with Crippen molar-refractivity contribution in [1.29, 1.82) is 0 Å². The van der Waals surface area contributed by atoms with Gasteiger partial charge in [-0.1, -0.05) is 134 Å². The highest BCUT2D eigenvalue weighted by Gasteiger charge is 2.28. The number of unbranched alkanes of at least 4 members (excludes halogenated alkanes) is 21. The highest BCUT2D eigenvalue weighted by atomic mass is 31.2. The van der Waals surface area contributed by atoms with E-state index in [-0.39, 0.29) is 12.8 Å². The Morgan fingerprint density at radius 1 is 0.585 bits per heavy atom. The molecule has 0 aromatic carbocycles. The summed E-state index contributed by atoms with van der Waals surface area (Å²) in [6.45, 7) is 2.56. The lowest BCUT2D eigenvalue weighted by atomic mass is 10.1. The van der Waals surface area contributed by atoms with Crippen LogP contribution >= 0.6 is 7.82 Å². The van der Waals surface area contributed by atoms with E-state index in [1.54, 1.807) is 0 Å². The number of hydrogen-bond donors (Lipinski definition) is 4. The smallest absolute Gasteiger partial charge is 0.472 e. The number of esters is 1. The van der Waals surface area contributed by atoms with Crippen LogP contribution in [0.5, 0.6) is 0 Å². The lowest BCUT2D eigenvalue weighted by Gasteiger charge is -2.18. The molecule has 0 saturated carbocycles. The number of phosphoric acid groups is 1. The summed E-state index contributed by atoms with van der Waals surface area (Å²) in [4.78, 5) is 45.8. The molecule has 0 spiro atoms. The number of carboxylic acid groups (broad SMARTS) is 1. The van der Waals surface area contributed by atoms with Crippen LogP contribution in [0.4, 0.5) is 0 Å². The van der Waals surface area contributed by atoms with Gasteiger partial charge in [0.05, 0.1) is 13.2 Å². The molecule has 3 atom stereocenters. The van der Waals surface area contributed by atoms with E-state index in [0.29, 0.717) is 12.8 Å². The SMILES string of the molecule is CCCCCCC/C=C\CCCCCCCC(=O)NC(COP(=O)(O)OCC(O)COC(=O)CCCCCCC/C=C\CCCCCCCC)C(=O)O. The maximum atomic E-state index is 12.3. The van der Waals surface area contributed by atoms with Crippen molar-refractivity contribution in [3.8, 4) is 0 Å². The van der Waals surface area contributed by atoms with Crippen LogP contribution in [0.2, 0.25) is 0 Å². The van der Waals surface area contributed by atoms with Gasteiger partial charge in [0.2, 0.25) is 5.91 Å². The van der Waals surface area contributed by atoms with E-state index in [4.69, 9.17) is 13.8 Å². The molecule has 1 amide bonds. The van der Waals surface area contributed by atoms with Gasteiger partial charge in [0.15, 0.2) is 6.04 Å². The molecule has 0 radical (unpaired) electrons. The molecule has 0 aliphatic rings. The third-order valence-electron chi connectivity index (χ3n) is 8.96. The summed E-state index contributed by atoms with van der Waals surface area (Å²) >= 11 is 0. The Morgan fingerprint density at radius 3 is 1.43 bits per heavy atom. The van der Waals surface area contributed by atoms with E-state index >= 15 is 0 Å². The van der Waals surface area contributed by atoms with Gasteiger partial charge in [0.25, 0.3) is 0 Å². The van der Waals surface area contributed by atoms with Crippen LogP contribution in [0, 0.1) is 0 Å². The third kappa shape index (κ3) is 36.7. The third-order valence-corrected chi connectivity index (χ3v) is 9.91. The molecule has 3 unspecified atom stereocenters.